The number of aromatic nitrogens is 1. The van der Waals surface area contributed by atoms with Crippen molar-refractivity contribution >= 4 is 23.0 Å². The van der Waals surface area contributed by atoms with Crippen molar-refractivity contribution in [2.24, 2.45) is 12.1 Å². The molecule has 0 bridgehead atoms. The van der Waals surface area contributed by atoms with Crippen LogP contribution in [0, 0.1) is 0 Å². The average Bonchev–Trinajstić information content (AvgIpc) is 2.95. The molecule has 0 spiro atoms. The number of ether oxygens (including phenoxy) is 1. The molecule has 6 heteroatoms. The fourth-order valence-corrected chi connectivity index (χ4v) is 2.63. The Balaban J connectivity index is 1.75. The van der Waals surface area contributed by atoms with Crippen LogP contribution in [-0.2, 0) is 7.05 Å². The van der Waals surface area contributed by atoms with Crippen LogP contribution < -0.4 is 10.2 Å². The molecule has 25 heavy (non-hydrogen) atoms. The normalized spacial score (nSPS) is 11.1. The quantitative estimate of drug-likeness (QED) is 0.555. The topological polar surface area (TPSA) is 75.8 Å². The van der Waals surface area contributed by atoms with Gasteiger partial charge in [0.2, 0.25) is 0 Å². The standard InChI is InChI=1S/C19H19N3O3/c1-3-25-18-10-13(8-9-17(18)23)11-20-21-19(24)15-12-22(2)16-7-5-4-6-14(15)16/h4-12,23H,3H2,1-2H3,(H,21,24)/b20-11-. The second-order valence-corrected chi connectivity index (χ2v) is 5.53. The predicted molar refractivity (Wildman–Crippen MR) is 97.3 cm³/mol. The number of hydrogen-bond acceptors (Lipinski definition) is 4. The number of nitrogens with zero attached hydrogens (tertiary/aromatic N) is 2. The van der Waals surface area contributed by atoms with Gasteiger partial charge in [0.25, 0.3) is 5.91 Å². The highest BCUT2D eigenvalue weighted by Crippen LogP contribution is 2.26. The molecule has 1 aromatic heterocycles. The van der Waals surface area contributed by atoms with Crippen LogP contribution in [0.5, 0.6) is 11.5 Å². The molecule has 0 saturated heterocycles. The number of carbonyl (C=O) groups excluding carboxylic acids is 1. The number of aromatic hydroxyl groups is 1. The Bertz CT molecular complexity index is 944. The maximum atomic E-state index is 12.4. The number of carbonyl (C=O) groups is 1. The third-order valence-corrected chi connectivity index (χ3v) is 3.81. The second kappa shape index (κ2) is 7.09. The number of phenolic OH excluding ortho intramolecular Hbond substituents is 1. The van der Waals surface area contributed by atoms with E-state index in [-0.39, 0.29) is 11.7 Å². The highest BCUT2D eigenvalue weighted by atomic mass is 16.5. The molecule has 6 nitrogen and oxygen atoms in total. The van der Waals surface area contributed by atoms with Gasteiger partial charge < -0.3 is 14.4 Å². The van der Waals surface area contributed by atoms with Gasteiger partial charge in [-0.2, -0.15) is 5.10 Å². The molecule has 2 aromatic carbocycles. The fourth-order valence-electron chi connectivity index (χ4n) is 2.63. The lowest BCUT2D eigenvalue weighted by Crippen LogP contribution is -2.17. The molecular weight excluding hydrogens is 318 g/mol. The van der Waals surface area contributed by atoms with Crippen molar-refractivity contribution in [3.63, 3.8) is 0 Å². The molecule has 0 saturated carbocycles. The molecular formula is C19H19N3O3. The van der Waals surface area contributed by atoms with Crippen molar-refractivity contribution in [2.45, 2.75) is 6.92 Å². The summed E-state index contributed by atoms with van der Waals surface area (Å²) in [5, 5.41) is 14.6. The summed E-state index contributed by atoms with van der Waals surface area (Å²) >= 11 is 0. The summed E-state index contributed by atoms with van der Waals surface area (Å²) in [5.74, 6) is 0.169. The molecule has 0 atom stereocenters. The zero-order valence-corrected chi connectivity index (χ0v) is 14.1. The van der Waals surface area contributed by atoms with Crippen molar-refractivity contribution in [3.05, 3.63) is 59.8 Å². The zero-order chi connectivity index (χ0) is 17.8. The van der Waals surface area contributed by atoms with Crippen LogP contribution in [0.25, 0.3) is 10.9 Å². The number of amides is 1. The molecule has 1 heterocycles. The van der Waals surface area contributed by atoms with E-state index in [4.69, 9.17) is 4.74 Å². The summed E-state index contributed by atoms with van der Waals surface area (Å²) in [6.45, 7) is 2.29. The minimum absolute atomic E-state index is 0.0683. The maximum Gasteiger partial charge on any atom is 0.273 e. The van der Waals surface area contributed by atoms with Crippen LogP contribution in [-0.4, -0.2) is 28.4 Å². The van der Waals surface area contributed by atoms with Crippen molar-refractivity contribution in [1.82, 2.24) is 9.99 Å². The first-order chi connectivity index (χ1) is 12.1. The molecule has 3 rings (SSSR count). The lowest BCUT2D eigenvalue weighted by molar-refractivity contribution is 0.0956. The molecule has 3 aromatic rings. The number of rotatable bonds is 5. The van der Waals surface area contributed by atoms with Gasteiger partial charge in [-0.25, -0.2) is 5.43 Å². The predicted octanol–water partition coefficient (Wildman–Crippen LogP) is 3.05. The summed E-state index contributed by atoms with van der Waals surface area (Å²) in [5.41, 5.74) is 4.79. The SMILES string of the molecule is CCOc1cc(/C=N\NC(=O)c2cn(C)c3ccccc23)ccc1O. The van der Waals surface area contributed by atoms with Gasteiger partial charge in [0, 0.05) is 24.1 Å². The number of aryl methyl sites for hydroxylation is 1. The number of benzene rings is 2. The van der Waals surface area contributed by atoms with Gasteiger partial charge in [-0.05, 0) is 36.8 Å². The molecule has 0 unspecified atom stereocenters. The van der Waals surface area contributed by atoms with E-state index in [1.165, 1.54) is 12.3 Å². The Hall–Kier alpha value is -3.28. The van der Waals surface area contributed by atoms with E-state index in [2.05, 4.69) is 10.5 Å². The van der Waals surface area contributed by atoms with E-state index in [9.17, 15) is 9.90 Å². The summed E-state index contributed by atoms with van der Waals surface area (Å²) in [7, 11) is 1.90. The average molecular weight is 337 g/mol. The third-order valence-electron chi connectivity index (χ3n) is 3.81. The van der Waals surface area contributed by atoms with E-state index in [1.807, 2.05) is 42.8 Å². The maximum absolute atomic E-state index is 12.4. The summed E-state index contributed by atoms with van der Waals surface area (Å²) in [4.78, 5) is 12.4. The van der Waals surface area contributed by atoms with Crippen LogP contribution in [0.3, 0.4) is 0 Å². The lowest BCUT2D eigenvalue weighted by Gasteiger charge is -2.06. The van der Waals surface area contributed by atoms with Gasteiger partial charge in [-0.1, -0.05) is 18.2 Å². The van der Waals surface area contributed by atoms with Crippen LogP contribution >= 0.6 is 0 Å². The molecule has 0 radical (unpaired) electrons. The van der Waals surface area contributed by atoms with E-state index < -0.39 is 0 Å². The van der Waals surface area contributed by atoms with Crippen molar-refractivity contribution < 1.29 is 14.6 Å². The molecule has 0 aliphatic carbocycles. The first-order valence-electron chi connectivity index (χ1n) is 7.93. The molecule has 0 aliphatic heterocycles. The molecule has 2 N–H and O–H groups in total. The van der Waals surface area contributed by atoms with Crippen LogP contribution in [0.4, 0.5) is 0 Å². The Morgan fingerprint density at radius 2 is 2.12 bits per heavy atom. The Labute approximate surface area is 145 Å². The van der Waals surface area contributed by atoms with E-state index in [1.54, 1.807) is 18.3 Å². The monoisotopic (exact) mass is 337 g/mol. The zero-order valence-electron chi connectivity index (χ0n) is 14.1. The summed E-state index contributed by atoms with van der Waals surface area (Å²) in [6, 6.07) is 12.6. The van der Waals surface area contributed by atoms with E-state index in [0.29, 0.717) is 23.5 Å². The van der Waals surface area contributed by atoms with Gasteiger partial charge in [-0.3, -0.25) is 4.79 Å². The number of para-hydroxylation sites is 1. The Kier molecular flexibility index (Phi) is 4.70. The molecule has 0 fully saturated rings. The number of fused-ring (bicyclic) bond motifs is 1. The van der Waals surface area contributed by atoms with E-state index >= 15 is 0 Å². The summed E-state index contributed by atoms with van der Waals surface area (Å²) < 4.78 is 7.23. The first-order valence-corrected chi connectivity index (χ1v) is 7.93. The molecule has 128 valence electrons. The van der Waals surface area contributed by atoms with Gasteiger partial charge in [0.15, 0.2) is 11.5 Å². The number of nitrogens with one attached hydrogen (secondary N) is 1. The number of phenols is 1. The fraction of sp³-hybridized carbons (Fsp3) is 0.158. The van der Waals surface area contributed by atoms with Gasteiger partial charge in [-0.15, -0.1) is 0 Å². The van der Waals surface area contributed by atoms with Crippen molar-refractivity contribution in [1.29, 1.82) is 0 Å². The lowest BCUT2D eigenvalue weighted by atomic mass is 10.2. The van der Waals surface area contributed by atoms with Crippen molar-refractivity contribution in [3.8, 4) is 11.5 Å². The van der Waals surface area contributed by atoms with Gasteiger partial charge in [0.1, 0.15) is 0 Å². The summed E-state index contributed by atoms with van der Waals surface area (Å²) in [6.07, 6.45) is 3.29. The second-order valence-electron chi connectivity index (χ2n) is 5.53. The van der Waals surface area contributed by atoms with Crippen molar-refractivity contribution in [2.75, 3.05) is 6.61 Å². The Morgan fingerprint density at radius 1 is 1.32 bits per heavy atom. The number of hydrogen-bond donors (Lipinski definition) is 2. The third kappa shape index (κ3) is 3.47. The highest BCUT2D eigenvalue weighted by Gasteiger charge is 2.12. The van der Waals surface area contributed by atoms with Gasteiger partial charge in [0.05, 0.1) is 18.4 Å². The van der Waals surface area contributed by atoms with Gasteiger partial charge >= 0.3 is 0 Å². The van der Waals surface area contributed by atoms with Crippen LogP contribution in [0.1, 0.15) is 22.8 Å². The minimum atomic E-state index is -0.281. The van der Waals surface area contributed by atoms with Crippen LogP contribution in [0.15, 0.2) is 53.8 Å². The smallest absolute Gasteiger partial charge is 0.273 e. The largest absolute Gasteiger partial charge is 0.504 e. The number of hydrazone groups is 1. The van der Waals surface area contributed by atoms with E-state index in [0.717, 1.165) is 10.9 Å². The first kappa shape index (κ1) is 16.6. The highest BCUT2D eigenvalue weighted by molar-refractivity contribution is 6.07. The molecule has 0 aliphatic rings. The van der Waals surface area contributed by atoms with Crippen LogP contribution in [0.2, 0.25) is 0 Å². The Morgan fingerprint density at radius 3 is 2.92 bits per heavy atom. The molecule has 1 amide bonds. The minimum Gasteiger partial charge on any atom is -0.504 e.